The number of aromatic nitrogens is 2. The number of hydrogen-bond donors (Lipinski definition) is 1. The van der Waals surface area contributed by atoms with Crippen molar-refractivity contribution in [1.82, 2.24) is 9.78 Å². The SMILES string of the molecule is CCCC(N)CC(=O)c1c(OC)cnn1CC. The van der Waals surface area contributed by atoms with E-state index in [2.05, 4.69) is 12.0 Å². The van der Waals surface area contributed by atoms with E-state index >= 15 is 0 Å². The molecule has 1 atom stereocenters. The van der Waals surface area contributed by atoms with Crippen molar-refractivity contribution in [2.45, 2.75) is 45.7 Å². The molecule has 17 heavy (non-hydrogen) atoms. The monoisotopic (exact) mass is 239 g/mol. The van der Waals surface area contributed by atoms with E-state index in [1.807, 2.05) is 6.92 Å². The Bertz CT molecular complexity index is 352. The largest absolute Gasteiger partial charge is 0.493 e. The third kappa shape index (κ3) is 3.30. The summed E-state index contributed by atoms with van der Waals surface area (Å²) in [7, 11) is 1.54. The lowest BCUT2D eigenvalue weighted by Gasteiger charge is -2.11. The maximum Gasteiger partial charge on any atom is 0.186 e. The normalized spacial score (nSPS) is 12.5. The highest BCUT2D eigenvalue weighted by molar-refractivity contribution is 5.97. The van der Waals surface area contributed by atoms with E-state index < -0.39 is 0 Å². The van der Waals surface area contributed by atoms with Gasteiger partial charge in [-0.15, -0.1) is 0 Å². The summed E-state index contributed by atoms with van der Waals surface area (Å²) in [5.41, 5.74) is 6.41. The van der Waals surface area contributed by atoms with Crippen LogP contribution in [-0.2, 0) is 6.54 Å². The van der Waals surface area contributed by atoms with Crippen molar-refractivity contribution in [1.29, 1.82) is 0 Å². The smallest absolute Gasteiger partial charge is 0.186 e. The van der Waals surface area contributed by atoms with Crippen molar-refractivity contribution in [3.63, 3.8) is 0 Å². The van der Waals surface area contributed by atoms with E-state index in [1.54, 1.807) is 18.0 Å². The van der Waals surface area contributed by atoms with Gasteiger partial charge in [0.05, 0.1) is 13.3 Å². The fourth-order valence-corrected chi connectivity index (χ4v) is 1.85. The molecule has 0 aromatic carbocycles. The number of ether oxygens (including phenoxy) is 1. The Morgan fingerprint density at radius 1 is 1.59 bits per heavy atom. The maximum atomic E-state index is 12.1. The van der Waals surface area contributed by atoms with Crippen molar-refractivity contribution in [3.8, 4) is 5.75 Å². The molecule has 0 spiro atoms. The molecule has 96 valence electrons. The minimum atomic E-state index is -0.0857. The van der Waals surface area contributed by atoms with E-state index in [1.165, 1.54) is 0 Å². The van der Waals surface area contributed by atoms with Crippen LogP contribution in [0.1, 0.15) is 43.6 Å². The third-order valence-corrected chi connectivity index (χ3v) is 2.70. The summed E-state index contributed by atoms with van der Waals surface area (Å²) >= 11 is 0. The zero-order chi connectivity index (χ0) is 12.8. The number of hydrogen-bond acceptors (Lipinski definition) is 4. The molecule has 0 saturated heterocycles. The van der Waals surface area contributed by atoms with Gasteiger partial charge in [-0.05, 0) is 13.3 Å². The van der Waals surface area contributed by atoms with Gasteiger partial charge in [-0.3, -0.25) is 9.48 Å². The number of rotatable bonds is 7. The van der Waals surface area contributed by atoms with Gasteiger partial charge in [0.25, 0.3) is 0 Å². The lowest BCUT2D eigenvalue weighted by Crippen LogP contribution is -2.25. The molecular weight excluding hydrogens is 218 g/mol. The van der Waals surface area contributed by atoms with Crippen LogP contribution in [0, 0.1) is 0 Å². The second kappa shape index (κ2) is 6.39. The number of carbonyl (C=O) groups is 1. The molecule has 0 bridgehead atoms. The molecule has 5 nitrogen and oxygen atoms in total. The minimum absolute atomic E-state index is 0.00199. The van der Waals surface area contributed by atoms with Crippen molar-refractivity contribution in [2.24, 2.45) is 5.73 Å². The highest BCUT2D eigenvalue weighted by Crippen LogP contribution is 2.20. The van der Waals surface area contributed by atoms with Crippen LogP contribution in [0.4, 0.5) is 0 Å². The van der Waals surface area contributed by atoms with Crippen LogP contribution in [-0.4, -0.2) is 28.7 Å². The number of aryl methyl sites for hydroxylation is 1. The standard InChI is InChI=1S/C12H21N3O2/c1-4-6-9(13)7-10(16)12-11(17-3)8-14-15(12)5-2/h8-9H,4-7,13H2,1-3H3. The van der Waals surface area contributed by atoms with E-state index in [0.29, 0.717) is 24.4 Å². The molecule has 1 aromatic heterocycles. The Morgan fingerprint density at radius 3 is 2.82 bits per heavy atom. The maximum absolute atomic E-state index is 12.1. The number of methoxy groups -OCH3 is 1. The number of nitrogens with zero attached hydrogens (tertiary/aromatic N) is 2. The van der Waals surface area contributed by atoms with Gasteiger partial charge in [0.1, 0.15) is 5.69 Å². The fourth-order valence-electron chi connectivity index (χ4n) is 1.85. The molecular formula is C12H21N3O2. The zero-order valence-corrected chi connectivity index (χ0v) is 10.8. The lowest BCUT2D eigenvalue weighted by molar-refractivity contribution is 0.0959. The molecule has 0 radical (unpaired) electrons. The van der Waals surface area contributed by atoms with Gasteiger partial charge in [0.15, 0.2) is 11.5 Å². The molecule has 0 aliphatic rings. The topological polar surface area (TPSA) is 70.1 Å². The second-order valence-corrected chi connectivity index (χ2v) is 4.05. The van der Waals surface area contributed by atoms with Crippen LogP contribution < -0.4 is 10.5 Å². The molecule has 0 aliphatic heterocycles. The third-order valence-electron chi connectivity index (χ3n) is 2.70. The van der Waals surface area contributed by atoms with Gasteiger partial charge in [0.2, 0.25) is 0 Å². The van der Waals surface area contributed by atoms with Crippen molar-refractivity contribution < 1.29 is 9.53 Å². The van der Waals surface area contributed by atoms with E-state index in [9.17, 15) is 4.79 Å². The number of Topliss-reactive ketones (excluding diaryl/α,β-unsaturated/α-hetero) is 1. The van der Waals surface area contributed by atoms with Crippen LogP contribution >= 0.6 is 0 Å². The second-order valence-electron chi connectivity index (χ2n) is 4.05. The Labute approximate surface area is 102 Å². The highest BCUT2D eigenvalue weighted by atomic mass is 16.5. The van der Waals surface area contributed by atoms with Crippen LogP contribution in [0.3, 0.4) is 0 Å². The lowest BCUT2D eigenvalue weighted by atomic mass is 10.0. The molecule has 2 N–H and O–H groups in total. The first-order valence-electron chi connectivity index (χ1n) is 6.02. The van der Waals surface area contributed by atoms with Crippen LogP contribution in [0.25, 0.3) is 0 Å². The molecule has 5 heteroatoms. The van der Waals surface area contributed by atoms with Crippen LogP contribution in [0.2, 0.25) is 0 Å². The highest BCUT2D eigenvalue weighted by Gasteiger charge is 2.20. The Balaban J connectivity index is 2.83. The fraction of sp³-hybridized carbons (Fsp3) is 0.667. The van der Waals surface area contributed by atoms with Crippen molar-refractivity contribution in [3.05, 3.63) is 11.9 Å². The minimum Gasteiger partial charge on any atom is -0.493 e. The van der Waals surface area contributed by atoms with E-state index in [-0.39, 0.29) is 11.8 Å². The van der Waals surface area contributed by atoms with Gasteiger partial charge in [-0.1, -0.05) is 13.3 Å². The first kappa shape index (κ1) is 13.7. The first-order valence-corrected chi connectivity index (χ1v) is 6.02. The number of carbonyl (C=O) groups excluding carboxylic acids is 1. The van der Waals surface area contributed by atoms with Crippen molar-refractivity contribution in [2.75, 3.05) is 7.11 Å². The first-order chi connectivity index (χ1) is 8.13. The van der Waals surface area contributed by atoms with Gasteiger partial charge in [0, 0.05) is 19.0 Å². The van der Waals surface area contributed by atoms with E-state index in [4.69, 9.17) is 10.5 Å². The summed E-state index contributed by atoms with van der Waals surface area (Å²) in [5.74, 6) is 0.530. The quantitative estimate of drug-likeness (QED) is 0.734. The zero-order valence-electron chi connectivity index (χ0n) is 10.8. The number of ketones is 1. The molecule has 1 unspecified atom stereocenters. The van der Waals surface area contributed by atoms with Gasteiger partial charge >= 0.3 is 0 Å². The van der Waals surface area contributed by atoms with Crippen LogP contribution in [0.15, 0.2) is 6.20 Å². The summed E-state index contributed by atoms with van der Waals surface area (Å²) in [5, 5.41) is 4.11. The van der Waals surface area contributed by atoms with E-state index in [0.717, 1.165) is 12.8 Å². The molecule has 0 amide bonds. The Morgan fingerprint density at radius 2 is 2.29 bits per heavy atom. The van der Waals surface area contributed by atoms with Gasteiger partial charge in [-0.2, -0.15) is 5.10 Å². The Hall–Kier alpha value is -1.36. The summed E-state index contributed by atoms with van der Waals surface area (Å²) in [6, 6.07) is -0.0857. The Kier molecular flexibility index (Phi) is 5.15. The van der Waals surface area contributed by atoms with Crippen LogP contribution in [0.5, 0.6) is 5.75 Å². The predicted octanol–water partition coefficient (Wildman–Crippen LogP) is 1.61. The summed E-state index contributed by atoms with van der Waals surface area (Å²) < 4.78 is 6.80. The molecule has 1 heterocycles. The molecule has 0 aliphatic carbocycles. The number of nitrogens with two attached hydrogens (primary N) is 1. The predicted molar refractivity (Wildman–Crippen MR) is 66.3 cm³/mol. The molecule has 0 fully saturated rings. The molecule has 0 saturated carbocycles. The summed E-state index contributed by atoms with van der Waals surface area (Å²) in [6.45, 7) is 4.64. The summed E-state index contributed by atoms with van der Waals surface area (Å²) in [4.78, 5) is 12.1. The van der Waals surface area contributed by atoms with Gasteiger partial charge < -0.3 is 10.5 Å². The van der Waals surface area contributed by atoms with Gasteiger partial charge in [-0.25, -0.2) is 0 Å². The molecule has 1 aromatic rings. The summed E-state index contributed by atoms with van der Waals surface area (Å²) in [6.07, 6.45) is 3.75. The average molecular weight is 239 g/mol. The van der Waals surface area contributed by atoms with Crippen molar-refractivity contribution >= 4 is 5.78 Å². The average Bonchev–Trinajstić information content (AvgIpc) is 2.71. The molecule has 1 rings (SSSR count).